The summed E-state index contributed by atoms with van der Waals surface area (Å²) in [5, 5.41) is 0.570. The lowest BCUT2D eigenvalue weighted by Gasteiger charge is -2.09. The summed E-state index contributed by atoms with van der Waals surface area (Å²) in [5.74, 6) is 1.47. The van der Waals surface area contributed by atoms with Gasteiger partial charge in [-0.25, -0.2) is 0 Å². The van der Waals surface area contributed by atoms with Crippen LogP contribution >= 0.6 is 12.2 Å². The normalized spacial score (nSPS) is 9.69. The Morgan fingerprint density at radius 2 is 1.88 bits per heavy atom. The molecule has 16 heavy (non-hydrogen) atoms. The number of rotatable bonds is 5. The molecule has 0 radical (unpaired) electrons. The van der Waals surface area contributed by atoms with Crippen molar-refractivity contribution in [2.45, 2.75) is 13.3 Å². The smallest absolute Gasteiger partial charge is 0.160 e. The molecule has 3 nitrogen and oxygen atoms in total. The van der Waals surface area contributed by atoms with Gasteiger partial charge in [-0.05, 0) is 29.9 Å². The second kappa shape index (κ2) is 6.33. The van der Waals surface area contributed by atoms with Gasteiger partial charge >= 0.3 is 0 Å². The third-order valence-electron chi connectivity index (χ3n) is 2.14. The molecule has 1 aromatic carbocycles. The van der Waals surface area contributed by atoms with Gasteiger partial charge in [-0.15, -0.1) is 0 Å². The predicted octanol–water partition coefficient (Wildman–Crippen LogP) is 2.61. The van der Waals surface area contributed by atoms with Crippen LogP contribution in [-0.2, 0) is 11.2 Å². The number of thiocarbonyl (C=S) groups is 1. The molecule has 4 heteroatoms. The molecule has 0 amide bonds. The molecule has 0 aliphatic heterocycles. The third kappa shape index (κ3) is 3.70. The lowest BCUT2D eigenvalue weighted by Crippen LogP contribution is -2.02. The Morgan fingerprint density at radius 3 is 2.44 bits per heavy atom. The molecule has 0 spiro atoms. The molecule has 0 bridgehead atoms. The van der Waals surface area contributed by atoms with Crippen LogP contribution in [0.15, 0.2) is 18.2 Å². The van der Waals surface area contributed by atoms with E-state index in [-0.39, 0.29) is 0 Å². The molecule has 0 aromatic heterocycles. The molecular weight excluding hydrogens is 224 g/mol. The highest BCUT2D eigenvalue weighted by atomic mass is 32.1. The minimum absolute atomic E-state index is 0.570. The number of methoxy groups -OCH3 is 2. The van der Waals surface area contributed by atoms with E-state index in [0.29, 0.717) is 11.7 Å². The van der Waals surface area contributed by atoms with Crippen LogP contribution in [0, 0.1) is 0 Å². The molecular formula is C12H16O3S. The van der Waals surface area contributed by atoms with Gasteiger partial charge in [0.2, 0.25) is 0 Å². The zero-order valence-electron chi connectivity index (χ0n) is 9.78. The Morgan fingerprint density at radius 1 is 1.19 bits per heavy atom. The van der Waals surface area contributed by atoms with E-state index in [4.69, 9.17) is 26.4 Å². The highest BCUT2D eigenvalue weighted by Crippen LogP contribution is 2.27. The molecule has 0 saturated carbocycles. The summed E-state index contributed by atoms with van der Waals surface area (Å²) in [4.78, 5) is 0. The first-order chi connectivity index (χ1) is 7.67. The highest BCUT2D eigenvalue weighted by molar-refractivity contribution is 7.80. The van der Waals surface area contributed by atoms with Crippen LogP contribution in [0.2, 0.25) is 0 Å². The fraction of sp³-hybridized carbons (Fsp3) is 0.417. The third-order valence-corrected chi connectivity index (χ3v) is 2.26. The maximum absolute atomic E-state index is 5.24. The van der Waals surface area contributed by atoms with E-state index in [9.17, 15) is 0 Å². The average Bonchev–Trinajstić information content (AvgIpc) is 2.28. The molecule has 0 aliphatic carbocycles. The van der Waals surface area contributed by atoms with Crippen molar-refractivity contribution in [3.63, 3.8) is 0 Å². The minimum Gasteiger partial charge on any atom is -0.493 e. The monoisotopic (exact) mass is 240 g/mol. The van der Waals surface area contributed by atoms with Gasteiger partial charge in [0.05, 0.1) is 20.8 Å². The SMILES string of the molecule is COc1ccc(CCOC(C)=S)cc1OC. The van der Waals surface area contributed by atoms with Crippen LogP contribution in [0.25, 0.3) is 0 Å². The minimum atomic E-state index is 0.570. The molecule has 0 atom stereocenters. The zero-order valence-corrected chi connectivity index (χ0v) is 10.6. The Balaban J connectivity index is 2.64. The van der Waals surface area contributed by atoms with E-state index in [2.05, 4.69) is 0 Å². The van der Waals surface area contributed by atoms with Crippen molar-refractivity contribution >= 4 is 17.3 Å². The molecule has 0 unspecified atom stereocenters. The molecule has 88 valence electrons. The first kappa shape index (κ1) is 12.8. The summed E-state index contributed by atoms with van der Waals surface area (Å²) >= 11 is 4.83. The van der Waals surface area contributed by atoms with Crippen LogP contribution in [0.5, 0.6) is 11.5 Å². The lowest BCUT2D eigenvalue weighted by atomic mass is 10.1. The van der Waals surface area contributed by atoms with Crippen molar-refractivity contribution in [3.05, 3.63) is 23.8 Å². The van der Waals surface area contributed by atoms with Crippen molar-refractivity contribution in [3.8, 4) is 11.5 Å². The van der Waals surface area contributed by atoms with Gasteiger partial charge in [0, 0.05) is 13.3 Å². The quantitative estimate of drug-likeness (QED) is 0.739. The first-order valence-corrected chi connectivity index (χ1v) is 5.42. The van der Waals surface area contributed by atoms with Gasteiger partial charge in [-0.1, -0.05) is 6.07 Å². The Bertz CT molecular complexity index is 363. The lowest BCUT2D eigenvalue weighted by molar-refractivity contribution is 0.314. The topological polar surface area (TPSA) is 27.7 Å². The summed E-state index contributed by atoms with van der Waals surface area (Å²) in [7, 11) is 3.25. The second-order valence-electron chi connectivity index (χ2n) is 3.28. The summed E-state index contributed by atoms with van der Waals surface area (Å²) in [6.45, 7) is 2.36. The van der Waals surface area contributed by atoms with Crippen molar-refractivity contribution in [1.82, 2.24) is 0 Å². The van der Waals surface area contributed by atoms with E-state index in [0.717, 1.165) is 23.5 Å². The van der Waals surface area contributed by atoms with E-state index in [1.165, 1.54) is 0 Å². The van der Waals surface area contributed by atoms with Crippen molar-refractivity contribution in [1.29, 1.82) is 0 Å². The van der Waals surface area contributed by atoms with Crippen LogP contribution in [0.4, 0.5) is 0 Å². The largest absolute Gasteiger partial charge is 0.493 e. The van der Waals surface area contributed by atoms with Gasteiger partial charge < -0.3 is 14.2 Å². The Kier molecular flexibility index (Phi) is 5.05. The summed E-state index contributed by atoms with van der Waals surface area (Å²) in [5.41, 5.74) is 1.13. The molecule has 1 aromatic rings. The van der Waals surface area contributed by atoms with Crippen LogP contribution in [0.1, 0.15) is 12.5 Å². The second-order valence-corrected chi connectivity index (χ2v) is 3.85. The number of ether oxygens (including phenoxy) is 3. The van der Waals surface area contributed by atoms with Crippen LogP contribution in [-0.4, -0.2) is 25.9 Å². The van der Waals surface area contributed by atoms with E-state index >= 15 is 0 Å². The summed E-state index contributed by atoms with van der Waals surface area (Å²) < 4.78 is 15.6. The first-order valence-electron chi connectivity index (χ1n) is 5.01. The van der Waals surface area contributed by atoms with Crippen molar-refractivity contribution in [2.75, 3.05) is 20.8 Å². The van der Waals surface area contributed by atoms with Gasteiger partial charge in [0.1, 0.15) is 0 Å². The van der Waals surface area contributed by atoms with Gasteiger partial charge in [0.15, 0.2) is 16.5 Å². The highest BCUT2D eigenvalue weighted by Gasteiger charge is 2.04. The van der Waals surface area contributed by atoms with Gasteiger partial charge in [0.25, 0.3) is 0 Å². The molecule has 0 fully saturated rings. The molecule has 0 N–H and O–H groups in total. The fourth-order valence-corrected chi connectivity index (χ4v) is 1.43. The van der Waals surface area contributed by atoms with Crippen LogP contribution in [0.3, 0.4) is 0 Å². The Hall–Kier alpha value is -1.29. The standard InChI is InChI=1S/C12H16O3S/c1-9(16)15-7-6-10-4-5-11(13-2)12(8-10)14-3/h4-5,8H,6-7H2,1-3H3. The van der Waals surface area contributed by atoms with Gasteiger partial charge in [-0.3, -0.25) is 0 Å². The maximum atomic E-state index is 5.24. The zero-order chi connectivity index (χ0) is 12.0. The maximum Gasteiger partial charge on any atom is 0.160 e. The summed E-state index contributed by atoms with van der Waals surface area (Å²) in [6, 6.07) is 5.82. The van der Waals surface area contributed by atoms with Crippen molar-refractivity contribution in [2.24, 2.45) is 0 Å². The Labute approximate surface area is 101 Å². The number of hydrogen-bond donors (Lipinski definition) is 0. The van der Waals surface area contributed by atoms with Crippen molar-refractivity contribution < 1.29 is 14.2 Å². The molecule has 1 rings (SSSR count). The molecule has 0 saturated heterocycles. The van der Waals surface area contributed by atoms with E-state index in [1.807, 2.05) is 18.2 Å². The van der Waals surface area contributed by atoms with Crippen LogP contribution < -0.4 is 9.47 Å². The van der Waals surface area contributed by atoms with Gasteiger partial charge in [-0.2, -0.15) is 0 Å². The number of hydrogen-bond acceptors (Lipinski definition) is 4. The molecule has 0 heterocycles. The average molecular weight is 240 g/mol. The fourth-order valence-electron chi connectivity index (χ4n) is 1.35. The summed E-state index contributed by atoms with van der Waals surface area (Å²) in [6.07, 6.45) is 0.800. The molecule has 0 aliphatic rings. The van der Waals surface area contributed by atoms with E-state index in [1.54, 1.807) is 21.1 Å². The predicted molar refractivity (Wildman–Crippen MR) is 67.5 cm³/mol. The van der Waals surface area contributed by atoms with E-state index < -0.39 is 0 Å². The number of benzene rings is 1.